The minimum absolute atomic E-state index is 0.00173. The molecule has 1 aromatic heterocycles. The van der Waals surface area contributed by atoms with Gasteiger partial charge in [-0.1, -0.05) is 18.2 Å². The summed E-state index contributed by atoms with van der Waals surface area (Å²) in [7, 11) is -3.84. The molecule has 2 heterocycles. The molecule has 1 N–H and O–H groups in total. The van der Waals surface area contributed by atoms with E-state index in [0.29, 0.717) is 23.4 Å². The number of sulfonamides is 1. The van der Waals surface area contributed by atoms with Crippen LogP contribution in [0.2, 0.25) is 0 Å². The highest BCUT2D eigenvalue weighted by atomic mass is 32.2. The van der Waals surface area contributed by atoms with E-state index in [1.165, 1.54) is 25.3 Å². The van der Waals surface area contributed by atoms with Crippen molar-refractivity contribution < 1.29 is 13.2 Å². The summed E-state index contributed by atoms with van der Waals surface area (Å²) in [5.41, 5.74) is 3.31. The zero-order valence-corrected chi connectivity index (χ0v) is 19.1. The molecule has 8 heteroatoms. The van der Waals surface area contributed by atoms with Gasteiger partial charge in [-0.3, -0.25) is 9.52 Å². The number of hydrogen-bond donors (Lipinski definition) is 1. The number of ketones is 1. The first kappa shape index (κ1) is 21.6. The van der Waals surface area contributed by atoms with Gasteiger partial charge in [-0.05, 0) is 74.1 Å². The van der Waals surface area contributed by atoms with Crippen LogP contribution in [0.4, 0.5) is 11.5 Å². The first-order valence-corrected chi connectivity index (χ1v) is 12.9. The summed E-state index contributed by atoms with van der Waals surface area (Å²) in [6.07, 6.45) is 5.67. The fourth-order valence-corrected chi connectivity index (χ4v) is 5.58. The standard InChI is InChI=1S/C25H26N4O3S/c30-24-9-5-6-18-10-11-21(17-22(18)24)33(31,32)28-20-8-4-7-19(16-20)23-12-13-25(27-26-23)29-14-2-1-3-15-29/h4,7-8,10-13,16-17,28H,1-3,5-6,9,14-15H2. The third-order valence-electron chi connectivity index (χ3n) is 6.28. The van der Waals surface area contributed by atoms with Gasteiger partial charge in [-0.25, -0.2) is 8.42 Å². The second-order valence-corrected chi connectivity index (χ2v) is 10.3. The zero-order valence-electron chi connectivity index (χ0n) is 18.3. The molecular formula is C25H26N4O3S. The number of hydrogen-bond acceptors (Lipinski definition) is 6. The molecule has 7 nitrogen and oxygen atoms in total. The Morgan fingerprint density at radius 3 is 2.48 bits per heavy atom. The second kappa shape index (κ2) is 8.94. The quantitative estimate of drug-likeness (QED) is 0.602. The first-order chi connectivity index (χ1) is 16.0. The monoisotopic (exact) mass is 462 g/mol. The molecule has 2 aliphatic rings. The van der Waals surface area contributed by atoms with Gasteiger partial charge in [-0.2, -0.15) is 0 Å². The maximum absolute atomic E-state index is 13.0. The molecule has 1 aliphatic carbocycles. The van der Waals surface area contributed by atoms with Crippen molar-refractivity contribution in [3.05, 3.63) is 65.7 Å². The maximum Gasteiger partial charge on any atom is 0.261 e. The highest BCUT2D eigenvalue weighted by Gasteiger charge is 2.22. The maximum atomic E-state index is 13.0. The number of benzene rings is 2. The lowest BCUT2D eigenvalue weighted by Gasteiger charge is -2.27. The number of carbonyl (C=O) groups is 1. The Morgan fingerprint density at radius 1 is 0.848 bits per heavy atom. The molecule has 0 spiro atoms. The van der Waals surface area contributed by atoms with Gasteiger partial charge in [-0.15, -0.1) is 10.2 Å². The largest absolute Gasteiger partial charge is 0.355 e. The van der Waals surface area contributed by atoms with E-state index in [1.807, 2.05) is 18.2 Å². The van der Waals surface area contributed by atoms with Crippen LogP contribution in [-0.2, 0) is 16.4 Å². The van der Waals surface area contributed by atoms with E-state index in [1.54, 1.807) is 30.3 Å². The lowest BCUT2D eigenvalue weighted by molar-refractivity contribution is 0.0972. The average molecular weight is 463 g/mol. The number of piperidine rings is 1. The number of aryl methyl sites for hydroxylation is 1. The van der Waals surface area contributed by atoms with Crippen LogP contribution >= 0.6 is 0 Å². The fourth-order valence-electron chi connectivity index (χ4n) is 4.50. The fraction of sp³-hybridized carbons (Fsp3) is 0.320. The van der Waals surface area contributed by atoms with Gasteiger partial charge in [0.15, 0.2) is 11.6 Å². The van der Waals surface area contributed by atoms with Crippen LogP contribution in [0.25, 0.3) is 11.3 Å². The number of aromatic nitrogens is 2. The normalized spacial score (nSPS) is 16.4. The molecule has 33 heavy (non-hydrogen) atoms. The Balaban J connectivity index is 1.36. The average Bonchev–Trinajstić information content (AvgIpc) is 2.85. The molecular weight excluding hydrogens is 436 g/mol. The topological polar surface area (TPSA) is 92.3 Å². The number of nitrogens with zero attached hydrogens (tertiary/aromatic N) is 3. The van der Waals surface area contributed by atoms with Crippen molar-refractivity contribution in [3.8, 4) is 11.3 Å². The van der Waals surface area contributed by atoms with Gasteiger partial charge < -0.3 is 4.90 Å². The molecule has 5 rings (SSSR count). The van der Waals surface area contributed by atoms with Gasteiger partial charge in [0.1, 0.15) is 0 Å². The van der Waals surface area contributed by atoms with Crippen LogP contribution in [0, 0.1) is 0 Å². The van der Waals surface area contributed by atoms with Crippen LogP contribution in [0.1, 0.15) is 48.0 Å². The summed E-state index contributed by atoms with van der Waals surface area (Å²) in [5, 5.41) is 8.75. The van der Waals surface area contributed by atoms with E-state index in [2.05, 4.69) is 19.8 Å². The van der Waals surface area contributed by atoms with E-state index in [4.69, 9.17) is 0 Å². The first-order valence-electron chi connectivity index (χ1n) is 11.4. The molecule has 170 valence electrons. The molecule has 0 saturated carbocycles. The highest BCUT2D eigenvalue weighted by Crippen LogP contribution is 2.27. The van der Waals surface area contributed by atoms with Crippen LogP contribution in [0.5, 0.6) is 0 Å². The Hall–Kier alpha value is -3.26. The number of carbonyl (C=O) groups excluding carboxylic acids is 1. The Kier molecular flexibility index (Phi) is 5.85. The molecule has 1 saturated heterocycles. The molecule has 1 fully saturated rings. The van der Waals surface area contributed by atoms with Crippen LogP contribution in [0.15, 0.2) is 59.5 Å². The lowest BCUT2D eigenvalue weighted by atomic mass is 9.91. The summed E-state index contributed by atoms with van der Waals surface area (Å²) in [4.78, 5) is 14.6. The number of fused-ring (bicyclic) bond motifs is 1. The van der Waals surface area contributed by atoms with Crippen molar-refractivity contribution >= 4 is 27.3 Å². The number of Topliss-reactive ketones (excluding diaryl/α,β-unsaturated/α-hetero) is 1. The summed E-state index contributed by atoms with van der Waals surface area (Å²) in [5.74, 6) is 0.874. The lowest BCUT2D eigenvalue weighted by Crippen LogP contribution is -2.30. The van der Waals surface area contributed by atoms with Crippen LogP contribution in [0.3, 0.4) is 0 Å². The predicted molar refractivity (Wildman–Crippen MR) is 128 cm³/mol. The van der Waals surface area contributed by atoms with Gasteiger partial charge in [0.05, 0.1) is 10.6 Å². The molecule has 0 unspecified atom stereocenters. The van der Waals surface area contributed by atoms with Gasteiger partial charge in [0.2, 0.25) is 0 Å². The van der Waals surface area contributed by atoms with Crippen molar-refractivity contribution in [3.63, 3.8) is 0 Å². The summed E-state index contributed by atoms with van der Waals surface area (Å²) in [6, 6.07) is 15.8. The molecule has 0 atom stereocenters. The van der Waals surface area contributed by atoms with Crippen molar-refractivity contribution in [2.45, 2.75) is 43.4 Å². The van der Waals surface area contributed by atoms with Gasteiger partial charge in [0, 0.05) is 36.3 Å². The number of rotatable bonds is 5. The Bertz CT molecular complexity index is 1280. The Labute approximate surface area is 193 Å². The molecule has 0 bridgehead atoms. The van der Waals surface area contributed by atoms with E-state index in [-0.39, 0.29) is 10.7 Å². The molecule has 0 amide bonds. The van der Waals surface area contributed by atoms with Crippen molar-refractivity contribution in [2.75, 3.05) is 22.7 Å². The minimum atomic E-state index is -3.84. The molecule has 0 radical (unpaired) electrons. The summed E-state index contributed by atoms with van der Waals surface area (Å²) < 4.78 is 28.6. The molecule has 1 aliphatic heterocycles. The van der Waals surface area contributed by atoms with E-state index >= 15 is 0 Å². The van der Waals surface area contributed by atoms with Crippen molar-refractivity contribution in [1.82, 2.24) is 10.2 Å². The number of nitrogens with one attached hydrogen (secondary N) is 1. The van der Waals surface area contributed by atoms with Crippen LogP contribution < -0.4 is 9.62 Å². The van der Waals surface area contributed by atoms with Crippen molar-refractivity contribution in [1.29, 1.82) is 0 Å². The predicted octanol–water partition coefficient (Wildman–Crippen LogP) is 4.45. The third-order valence-corrected chi connectivity index (χ3v) is 7.66. The van der Waals surface area contributed by atoms with Gasteiger partial charge >= 0.3 is 0 Å². The van der Waals surface area contributed by atoms with Crippen LogP contribution in [-0.4, -0.2) is 37.5 Å². The SMILES string of the molecule is O=C1CCCc2ccc(S(=O)(=O)Nc3cccc(-c4ccc(N5CCCCC5)nn4)c3)cc21. The zero-order chi connectivity index (χ0) is 22.8. The third kappa shape index (κ3) is 4.61. The van der Waals surface area contributed by atoms with Crippen molar-refractivity contribution in [2.24, 2.45) is 0 Å². The van der Waals surface area contributed by atoms with E-state index < -0.39 is 10.0 Å². The smallest absolute Gasteiger partial charge is 0.261 e. The number of anilines is 2. The second-order valence-electron chi connectivity index (χ2n) is 8.61. The summed E-state index contributed by atoms with van der Waals surface area (Å²) >= 11 is 0. The Morgan fingerprint density at radius 2 is 1.70 bits per heavy atom. The molecule has 3 aromatic rings. The van der Waals surface area contributed by atoms with E-state index in [0.717, 1.165) is 42.9 Å². The minimum Gasteiger partial charge on any atom is -0.355 e. The van der Waals surface area contributed by atoms with Gasteiger partial charge in [0.25, 0.3) is 10.0 Å². The molecule has 2 aromatic carbocycles. The van der Waals surface area contributed by atoms with E-state index in [9.17, 15) is 13.2 Å². The summed E-state index contributed by atoms with van der Waals surface area (Å²) in [6.45, 7) is 2.00. The highest BCUT2D eigenvalue weighted by molar-refractivity contribution is 7.92.